The maximum Gasteiger partial charge on any atom is 0.338 e. The van der Waals surface area contributed by atoms with Crippen molar-refractivity contribution in [3.63, 3.8) is 0 Å². The molecule has 0 saturated carbocycles. The van der Waals surface area contributed by atoms with Gasteiger partial charge >= 0.3 is 5.97 Å². The van der Waals surface area contributed by atoms with E-state index in [0.29, 0.717) is 29.1 Å². The summed E-state index contributed by atoms with van der Waals surface area (Å²) < 4.78 is 7.17. The highest BCUT2D eigenvalue weighted by Crippen LogP contribution is 2.32. The molecule has 0 radical (unpaired) electrons. The van der Waals surface area contributed by atoms with Crippen molar-refractivity contribution in [2.24, 2.45) is 0 Å². The Balaban J connectivity index is 1.68. The summed E-state index contributed by atoms with van der Waals surface area (Å²) in [5.41, 5.74) is 3.19. The number of thioether (sulfide) groups is 1. The number of carbonyl (C=O) groups excluding carboxylic acids is 3. The minimum atomic E-state index is -0.601. The lowest BCUT2D eigenvalue weighted by molar-refractivity contribution is -0.113. The molecule has 2 aromatic rings. The fraction of sp³-hybridized carbons (Fsp3) is 0.250. The van der Waals surface area contributed by atoms with Gasteiger partial charge in [0.1, 0.15) is 0 Å². The molecule has 0 aliphatic carbocycles. The standard InChI is InChI=1S/C20H20N2O4S/c1-4-7-22-12(2)8-15(13(22)3)17(23)10-26-20(25)14-5-6-18-16(9-14)21-19(24)11-27-18/h4-6,8-9H,1,7,10-11H2,2-3H3,(H,21,24). The van der Waals surface area contributed by atoms with Gasteiger partial charge in [-0.2, -0.15) is 0 Å². The van der Waals surface area contributed by atoms with Crippen LogP contribution in [0, 0.1) is 13.8 Å². The average Bonchev–Trinajstić information content (AvgIpc) is 2.93. The number of rotatable bonds is 6. The van der Waals surface area contributed by atoms with Crippen LogP contribution in [-0.4, -0.2) is 34.6 Å². The zero-order valence-corrected chi connectivity index (χ0v) is 16.0. The van der Waals surface area contributed by atoms with Crippen molar-refractivity contribution in [1.82, 2.24) is 4.57 Å². The summed E-state index contributed by atoms with van der Waals surface area (Å²) in [5.74, 6) is -0.609. The molecule has 0 fully saturated rings. The number of hydrogen-bond acceptors (Lipinski definition) is 5. The summed E-state index contributed by atoms with van der Waals surface area (Å²) >= 11 is 1.41. The van der Waals surface area contributed by atoms with Gasteiger partial charge in [0.25, 0.3) is 0 Å². The number of nitrogens with zero attached hydrogens (tertiary/aromatic N) is 1. The number of esters is 1. The monoisotopic (exact) mass is 384 g/mol. The molecule has 1 N–H and O–H groups in total. The van der Waals surface area contributed by atoms with E-state index in [4.69, 9.17) is 4.74 Å². The molecule has 27 heavy (non-hydrogen) atoms. The van der Waals surface area contributed by atoms with E-state index < -0.39 is 5.97 Å². The third-order valence-corrected chi connectivity index (χ3v) is 5.44. The number of fused-ring (bicyclic) bond motifs is 1. The molecule has 0 bridgehead atoms. The Bertz CT molecular complexity index is 946. The molecular weight excluding hydrogens is 364 g/mol. The van der Waals surface area contributed by atoms with Gasteiger partial charge in [0.2, 0.25) is 11.7 Å². The first-order chi connectivity index (χ1) is 12.9. The van der Waals surface area contributed by atoms with Gasteiger partial charge in [0.15, 0.2) is 6.61 Å². The highest BCUT2D eigenvalue weighted by Gasteiger charge is 2.20. The Morgan fingerprint density at radius 1 is 1.33 bits per heavy atom. The fourth-order valence-corrected chi connectivity index (χ4v) is 3.78. The van der Waals surface area contributed by atoms with E-state index in [-0.39, 0.29) is 18.3 Å². The lowest BCUT2D eigenvalue weighted by Gasteiger charge is -2.16. The number of nitrogens with one attached hydrogen (secondary N) is 1. The molecule has 3 rings (SSSR count). The number of ketones is 1. The van der Waals surface area contributed by atoms with Crippen LogP contribution in [0.2, 0.25) is 0 Å². The molecule has 0 unspecified atom stereocenters. The second-order valence-corrected chi connectivity index (χ2v) is 7.25. The number of ether oxygens (including phenoxy) is 1. The molecular formula is C20H20N2O4S. The summed E-state index contributed by atoms with van der Waals surface area (Å²) in [6.45, 7) is 7.77. The van der Waals surface area contributed by atoms with Crippen molar-refractivity contribution in [2.45, 2.75) is 25.3 Å². The molecule has 140 valence electrons. The topological polar surface area (TPSA) is 77.4 Å². The van der Waals surface area contributed by atoms with Crippen molar-refractivity contribution in [2.75, 3.05) is 17.7 Å². The number of hydrogen-bond donors (Lipinski definition) is 1. The Morgan fingerprint density at radius 3 is 2.85 bits per heavy atom. The molecule has 0 saturated heterocycles. The number of aromatic nitrogens is 1. The van der Waals surface area contributed by atoms with E-state index in [2.05, 4.69) is 11.9 Å². The van der Waals surface area contributed by atoms with Crippen LogP contribution >= 0.6 is 11.8 Å². The Labute approximate surface area is 161 Å². The first-order valence-electron chi connectivity index (χ1n) is 8.45. The van der Waals surface area contributed by atoms with Crippen LogP contribution in [0.15, 0.2) is 41.8 Å². The molecule has 1 aromatic heterocycles. The van der Waals surface area contributed by atoms with Crippen LogP contribution in [0.5, 0.6) is 0 Å². The summed E-state index contributed by atoms with van der Waals surface area (Å²) in [6.07, 6.45) is 1.77. The zero-order valence-electron chi connectivity index (χ0n) is 15.2. The molecule has 1 amide bonds. The minimum Gasteiger partial charge on any atom is -0.454 e. The summed E-state index contributed by atoms with van der Waals surface area (Å²) in [6, 6.07) is 6.76. The van der Waals surface area contributed by atoms with E-state index in [1.54, 1.807) is 30.3 Å². The maximum absolute atomic E-state index is 12.5. The van der Waals surface area contributed by atoms with E-state index in [1.807, 2.05) is 18.4 Å². The largest absolute Gasteiger partial charge is 0.454 e. The first-order valence-corrected chi connectivity index (χ1v) is 9.44. The zero-order chi connectivity index (χ0) is 19.6. The molecule has 0 atom stereocenters. The van der Waals surface area contributed by atoms with Crippen molar-refractivity contribution in [3.05, 3.63) is 59.4 Å². The van der Waals surface area contributed by atoms with Gasteiger partial charge in [-0.25, -0.2) is 4.79 Å². The third-order valence-electron chi connectivity index (χ3n) is 4.37. The summed E-state index contributed by atoms with van der Waals surface area (Å²) in [4.78, 5) is 37.2. The number of allylic oxidation sites excluding steroid dienone is 1. The quantitative estimate of drug-likeness (QED) is 0.469. The lowest BCUT2D eigenvalue weighted by Crippen LogP contribution is -2.19. The number of anilines is 1. The molecule has 7 heteroatoms. The Hall–Kier alpha value is -2.80. The van der Waals surface area contributed by atoms with E-state index >= 15 is 0 Å². The number of aryl methyl sites for hydroxylation is 1. The highest BCUT2D eigenvalue weighted by atomic mass is 32.2. The summed E-state index contributed by atoms with van der Waals surface area (Å²) in [7, 11) is 0. The molecule has 1 aromatic carbocycles. The molecule has 0 spiro atoms. The van der Waals surface area contributed by atoms with Crippen molar-refractivity contribution in [3.8, 4) is 0 Å². The Kier molecular flexibility index (Phi) is 5.51. The van der Waals surface area contributed by atoms with Crippen LogP contribution in [-0.2, 0) is 16.1 Å². The highest BCUT2D eigenvalue weighted by molar-refractivity contribution is 8.00. The van der Waals surface area contributed by atoms with Crippen molar-refractivity contribution >= 4 is 35.1 Å². The van der Waals surface area contributed by atoms with Gasteiger partial charge in [-0.05, 0) is 38.1 Å². The molecule has 6 nitrogen and oxygen atoms in total. The maximum atomic E-state index is 12.5. The smallest absolute Gasteiger partial charge is 0.338 e. The van der Waals surface area contributed by atoms with Gasteiger partial charge in [-0.15, -0.1) is 18.3 Å². The molecule has 1 aliphatic heterocycles. The van der Waals surface area contributed by atoms with Gasteiger partial charge in [0, 0.05) is 28.4 Å². The number of benzene rings is 1. The van der Waals surface area contributed by atoms with E-state index in [0.717, 1.165) is 16.3 Å². The van der Waals surface area contributed by atoms with E-state index in [1.165, 1.54) is 11.8 Å². The Morgan fingerprint density at radius 2 is 2.11 bits per heavy atom. The van der Waals surface area contributed by atoms with Crippen LogP contribution in [0.3, 0.4) is 0 Å². The minimum absolute atomic E-state index is 0.108. The predicted octanol–water partition coefficient (Wildman–Crippen LogP) is 3.37. The normalized spacial score (nSPS) is 12.9. The number of Topliss-reactive ketones (excluding diaryl/α,β-unsaturated/α-hetero) is 1. The van der Waals surface area contributed by atoms with Crippen LogP contribution in [0.4, 0.5) is 5.69 Å². The molecule has 2 heterocycles. The van der Waals surface area contributed by atoms with Gasteiger partial charge in [-0.1, -0.05) is 6.08 Å². The second-order valence-electron chi connectivity index (χ2n) is 6.23. The first kappa shape index (κ1) is 19.0. The van der Waals surface area contributed by atoms with Crippen molar-refractivity contribution < 1.29 is 19.1 Å². The van der Waals surface area contributed by atoms with E-state index in [9.17, 15) is 14.4 Å². The van der Waals surface area contributed by atoms with Crippen LogP contribution in [0.1, 0.15) is 32.1 Å². The van der Waals surface area contributed by atoms with Gasteiger partial charge in [-0.3, -0.25) is 9.59 Å². The third kappa shape index (κ3) is 3.98. The lowest BCUT2D eigenvalue weighted by atomic mass is 10.1. The number of amides is 1. The number of carbonyl (C=O) groups is 3. The summed E-state index contributed by atoms with van der Waals surface area (Å²) in [5, 5.41) is 2.73. The van der Waals surface area contributed by atoms with Gasteiger partial charge in [0.05, 0.1) is 17.0 Å². The average molecular weight is 384 g/mol. The van der Waals surface area contributed by atoms with Gasteiger partial charge < -0.3 is 14.6 Å². The SMILES string of the molecule is C=CCn1c(C)cc(C(=O)COC(=O)c2ccc3c(c2)NC(=O)CS3)c1C. The molecule has 1 aliphatic rings. The second kappa shape index (κ2) is 7.84. The van der Waals surface area contributed by atoms with Crippen molar-refractivity contribution in [1.29, 1.82) is 0 Å². The predicted molar refractivity (Wildman–Crippen MR) is 105 cm³/mol. The van der Waals surface area contributed by atoms with Crippen LogP contribution in [0.25, 0.3) is 0 Å². The fourth-order valence-electron chi connectivity index (χ4n) is 3.00. The van der Waals surface area contributed by atoms with Crippen LogP contribution < -0.4 is 5.32 Å².